The van der Waals surface area contributed by atoms with E-state index >= 15 is 0 Å². The molecule has 5 nitrogen and oxygen atoms in total. The molecule has 0 unspecified atom stereocenters. The van der Waals surface area contributed by atoms with Gasteiger partial charge in [0.1, 0.15) is 11.6 Å². The molecule has 0 saturated carbocycles. The largest absolute Gasteiger partial charge is 0.396 e. The fraction of sp³-hybridized carbons (Fsp3) is 0.231. The molecule has 3 N–H and O–H groups in total. The summed E-state index contributed by atoms with van der Waals surface area (Å²) in [7, 11) is 0. The first kappa shape index (κ1) is 14.0. The molecule has 106 valence electrons. The van der Waals surface area contributed by atoms with E-state index in [2.05, 4.69) is 10.4 Å². The zero-order valence-corrected chi connectivity index (χ0v) is 11.1. The van der Waals surface area contributed by atoms with Crippen LogP contribution in [0.25, 0.3) is 0 Å². The number of carbonyl (C=O) groups excluding carboxylic acids is 1. The van der Waals surface area contributed by atoms with Gasteiger partial charge in [-0.1, -0.05) is 0 Å². The van der Waals surface area contributed by atoms with E-state index in [0.717, 1.165) is 12.1 Å². The van der Waals surface area contributed by atoms with Gasteiger partial charge < -0.3 is 11.1 Å². The van der Waals surface area contributed by atoms with Crippen LogP contribution in [-0.2, 0) is 6.54 Å². The quantitative estimate of drug-likeness (QED) is 0.906. The van der Waals surface area contributed by atoms with Crippen molar-refractivity contribution < 1.29 is 13.6 Å². The predicted octanol–water partition coefficient (Wildman–Crippen LogP) is 2.32. The second-order valence-corrected chi connectivity index (χ2v) is 4.32. The Balaban J connectivity index is 2.27. The van der Waals surface area contributed by atoms with Gasteiger partial charge in [-0.3, -0.25) is 9.48 Å². The Bertz CT molecular complexity index is 667. The summed E-state index contributed by atoms with van der Waals surface area (Å²) in [6.07, 6.45) is 1.50. The number of hydrogen-bond donors (Lipinski definition) is 2. The van der Waals surface area contributed by atoms with Gasteiger partial charge in [-0.2, -0.15) is 5.10 Å². The maximum Gasteiger partial charge on any atom is 0.278 e. The first-order valence-corrected chi connectivity index (χ1v) is 6.02. The van der Waals surface area contributed by atoms with Crippen LogP contribution in [0.4, 0.5) is 20.2 Å². The number of nitrogens with one attached hydrogen (secondary N) is 1. The Kier molecular flexibility index (Phi) is 3.69. The van der Waals surface area contributed by atoms with E-state index in [9.17, 15) is 13.6 Å². The number of benzene rings is 1. The summed E-state index contributed by atoms with van der Waals surface area (Å²) in [4.78, 5) is 12.0. The van der Waals surface area contributed by atoms with E-state index in [1.165, 1.54) is 17.8 Å². The van der Waals surface area contributed by atoms with Crippen LogP contribution in [0, 0.1) is 18.6 Å². The molecule has 0 aliphatic heterocycles. The van der Waals surface area contributed by atoms with Gasteiger partial charge in [0.2, 0.25) is 0 Å². The summed E-state index contributed by atoms with van der Waals surface area (Å²) in [5, 5.41) is 6.22. The maximum atomic E-state index is 13.6. The number of anilines is 2. The third kappa shape index (κ3) is 2.61. The monoisotopic (exact) mass is 280 g/mol. The van der Waals surface area contributed by atoms with E-state index in [-0.39, 0.29) is 22.6 Å². The molecule has 0 saturated heterocycles. The number of nitrogens with two attached hydrogens (primary N) is 1. The van der Waals surface area contributed by atoms with Crippen LogP contribution in [0.15, 0.2) is 18.3 Å². The van der Waals surface area contributed by atoms with Crippen LogP contribution in [0.2, 0.25) is 0 Å². The number of carbonyl (C=O) groups is 1. The van der Waals surface area contributed by atoms with Gasteiger partial charge in [0.25, 0.3) is 5.91 Å². The average molecular weight is 280 g/mol. The van der Waals surface area contributed by atoms with E-state index in [4.69, 9.17) is 5.73 Å². The highest BCUT2D eigenvalue weighted by atomic mass is 19.1. The molecule has 0 fully saturated rings. The summed E-state index contributed by atoms with van der Waals surface area (Å²) in [6, 6.07) is 1.94. The number of aryl methyl sites for hydroxylation is 2. The van der Waals surface area contributed by atoms with Crippen LogP contribution in [0.5, 0.6) is 0 Å². The van der Waals surface area contributed by atoms with Gasteiger partial charge in [-0.15, -0.1) is 0 Å². The van der Waals surface area contributed by atoms with Crippen LogP contribution in [0.3, 0.4) is 0 Å². The summed E-state index contributed by atoms with van der Waals surface area (Å²) < 4.78 is 28.5. The average Bonchev–Trinajstić information content (AvgIpc) is 2.77. The van der Waals surface area contributed by atoms with Gasteiger partial charge in [0.05, 0.1) is 11.4 Å². The predicted molar refractivity (Wildman–Crippen MR) is 71.4 cm³/mol. The SMILES string of the molecule is CCn1cc(N)c(C(=O)Nc2cc(F)c(C)cc2F)n1. The number of rotatable bonds is 3. The van der Waals surface area contributed by atoms with Gasteiger partial charge in [-0.25, -0.2) is 8.78 Å². The zero-order chi connectivity index (χ0) is 14.9. The lowest BCUT2D eigenvalue weighted by molar-refractivity contribution is 0.102. The lowest BCUT2D eigenvalue weighted by Gasteiger charge is -2.07. The standard InChI is InChI=1S/C13H14F2N4O/c1-3-19-6-10(16)12(18-19)13(20)17-11-5-8(14)7(2)4-9(11)15/h4-6H,3,16H2,1-2H3,(H,17,20). The second-order valence-electron chi connectivity index (χ2n) is 4.32. The summed E-state index contributed by atoms with van der Waals surface area (Å²) >= 11 is 0. The van der Waals surface area contributed by atoms with Gasteiger partial charge in [0, 0.05) is 18.8 Å². The zero-order valence-electron chi connectivity index (χ0n) is 11.1. The Morgan fingerprint density at radius 1 is 1.40 bits per heavy atom. The van der Waals surface area contributed by atoms with Gasteiger partial charge >= 0.3 is 0 Å². The fourth-order valence-corrected chi connectivity index (χ4v) is 1.70. The molecule has 0 aliphatic rings. The molecule has 0 bridgehead atoms. The number of nitrogens with zero attached hydrogens (tertiary/aromatic N) is 2. The van der Waals surface area contributed by atoms with Crippen LogP contribution < -0.4 is 11.1 Å². The topological polar surface area (TPSA) is 72.9 Å². The highest BCUT2D eigenvalue weighted by molar-refractivity contribution is 6.06. The number of hydrogen-bond acceptors (Lipinski definition) is 3. The first-order valence-electron chi connectivity index (χ1n) is 6.02. The van der Waals surface area contributed by atoms with Crippen molar-refractivity contribution >= 4 is 17.3 Å². The third-order valence-corrected chi connectivity index (χ3v) is 2.83. The molecule has 0 atom stereocenters. The number of amides is 1. The van der Waals surface area contributed by atoms with Crippen LogP contribution in [0.1, 0.15) is 23.0 Å². The van der Waals surface area contributed by atoms with Gasteiger partial charge in [-0.05, 0) is 25.5 Å². The molecule has 7 heteroatoms. The molecule has 2 aromatic rings. The minimum absolute atomic E-state index is 0.0211. The maximum absolute atomic E-state index is 13.6. The van der Waals surface area contributed by atoms with Gasteiger partial charge in [0.15, 0.2) is 5.69 Å². The van der Waals surface area contributed by atoms with Crippen molar-refractivity contribution in [3.8, 4) is 0 Å². The lowest BCUT2D eigenvalue weighted by Crippen LogP contribution is -2.16. The Morgan fingerprint density at radius 2 is 2.10 bits per heavy atom. The molecule has 0 aliphatic carbocycles. The molecule has 1 amide bonds. The van der Waals surface area contributed by atoms with E-state index in [1.54, 1.807) is 0 Å². The smallest absolute Gasteiger partial charge is 0.278 e. The van der Waals surface area contributed by atoms with Crippen molar-refractivity contribution in [1.29, 1.82) is 0 Å². The molecule has 2 rings (SSSR count). The van der Waals surface area contributed by atoms with Crippen molar-refractivity contribution in [2.75, 3.05) is 11.1 Å². The number of aromatic nitrogens is 2. The second kappa shape index (κ2) is 5.28. The van der Waals surface area contributed by atoms with Crippen molar-refractivity contribution in [2.45, 2.75) is 20.4 Å². The first-order chi connectivity index (χ1) is 9.42. The molecule has 1 heterocycles. The summed E-state index contributed by atoms with van der Waals surface area (Å²) in [5.74, 6) is -2.00. The van der Waals surface area contributed by atoms with Crippen molar-refractivity contribution in [1.82, 2.24) is 9.78 Å². The Morgan fingerprint density at radius 3 is 2.70 bits per heavy atom. The van der Waals surface area contributed by atoms with Crippen LogP contribution in [-0.4, -0.2) is 15.7 Å². The molecule has 1 aromatic heterocycles. The van der Waals surface area contributed by atoms with Crippen molar-refractivity contribution in [2.24, 2.45) is 0 Å². The molecule has 20 heavy (non-hydrogen) atoms. The normalized spacial score (nSPS) is 10.6. The molecule has 0 spiro atoms. The molecular weight excluding hydrogens is 266 g/mol. The Hall–Kier alpha value is -2.44. The molecular formula is C13H14F2N4O. The Labute approximate surface area is 114 Å². The number of halogens is 2. The summed E-state index contributed by atoms with van der Waals surface area (Å²) in [6.45, 7) is 3.82. The van der Waals surface area contributed by atoms with Crippen molar-refractivity contribution in [3.05, 3.63) is 41.2 Å². The lowest BCUT2D eigenvalue weighted by atomic mass is 10.2. The van der Waals surface area contributed by atoms with E-state index < -0.39 is 17.5 Å². The molecule has 1 aromatic carbocycles. The fourth-order valence-electron chi connectivity index (χ4n) is 1.70. The minimum atomic E-state index is -0.717. The summed E-state index contributed by atoms with van der Waals surface area (Å²) in [5.41, 5.74) is 5.72. The minimum Gasteiger partial charge on any atom is -0.396 e. The molecule has 0 radical (unpaired) electrons. The highest BCUT2D eigenvalue weighted by Gasteiger charge is 2.17. The highest BCUT2D eigenvalue weighted by Crippen LogP contribution is 2.20. The van der Waals surface area contributed by atoms with E-state index in [1.807, 2.05) is 6.92 Å². The van der Waals surface area contributed by atoms with Crippen molar-refractivity contribution in [3.63, 3.8) is 0 Å². The number of nitrogen functional groups attached to an aromatic ring is 1. The van der Waals surface area contributed by atoms with Crippen LogP contribution >= 0.6 is 0 Å². The van der Waals surface area contributed by atoms with E-state index in [0.29, 0.717) is 6.54 Å². The third-order valence-electron chi connectivity index (χ3n) is 2.83.